The second kappa shape index (κ2) is 10.2. The Morgan fingerprint density at radius 1 is 1.11 bits per heavy atom. The van der Waals surface area contributed by atoms with Gasteiger partial charge in [-0.1, -0.05) is 12.1 Å². The van der Waals surface area contributed by atoms with E-state index in [1.807, 2.05) is 0 Å². The van der Waals surface area contributed by atoms with Crippen molar-refractivity contribution in [2.45, 2.75) is 17.9 Å². The van der Waals surface area contributed by atoms with Crippen molar-refractivity contribution in [1.29, 1.82) is 0 Å². The lowest BCUT2D eigenvalue weighted by Crippen LogP contribution is -2.31. The monoisotopic (exact) mass is 410 g/mol. The van der Waals surface area contributed by atoms with Crippen LogP contribution in [0.25, 0.3) is 0 Å². The summed E-state index contributed by atoms with van der Waals surface area (Å²) in [7, 11) is -2.14. The fourth-order valence-electron chi connectivity index (χ4n) is 2.34. The van der Waals surface area contributed by atoms with Crippen molar-refractivity contribution in [3.8, 4) is 5.75 Å². The maximum absolute atomic E-state index is 12.9. The summed E-state index contributed by atoms with van der Waals surface area (Å²) in [6.45, 7) is 1.99. The first-order valence-electron chi connectivity index (χ1n) is 8.58. The predicted octanol–water partition coefficient (Wildman–Crippen LogP) is 2.01. The number of amides is 1. The lowest BCUT2D eigenvalue weighted by molar-refractivity contribution is -0.123. The molecule has 0 saturated heterocycles. The third-order valence-electron chi connectivity index (χ3n) is 3.85. The zero-order valence-electron chi connectivity index (χ0n) is 15.6. The van der Waals surface area contributed by atoms with Crippen LogP contribution >= 0.6 is 0 Å². The van der Waals surface area contributed by atoms with Crippen LogP contribution in [-0.4, -0.2) is 41.2 Å². The highest BCUT2D eigenvalue weighted by Crippen LogP contribution is 2.16. The molecule has 2 N–H and O–H groups in total. The van der Waals surface area contributed by atoms with Gasteiger partial charge in [-0.15, -0.1) is 0 Å². The number of methoxy groups -OCH3 is 1. The molecule has 2 aromatic rings. The Bertz CT molecular complexity index is 870. The molecule has 0 radical (unpaired) electrons. The number of sulfonamides is 1. The van der Waals surface area contributed by atoms with Gasteiger partial charge in [-0.3, -0.25) is 4.79 Å². The minimum Gasteiger partial charge on any atom is -0.484 e. The zero-order chi connectivity index (χ0) is 20.6. The Morgan fingerprint density at radius 3 is 2.36 bits per heavy atom. The Labute approximate surface area is 163 Å². The molecule has 9 heteroatoms. The van der Waals surface area contributed by atoms with Crippen molar-refractivity contribution in [3.63, 3.8) is 0 Å². The van der Waals surface area contributed by atoms with E-state index >= 15 is 0 Å². The van der Waals surface area contributed by atoms with Crippen molar-refractivity contribution >= 4 is 15.9 Å². The molecule has 1 atom stereocenters. The number of carbonyl (C=O) groups is 1. The molecule has 28 heavy (non-hydrogen) atoms. The molecule has 0 saturated carbocycles. The third kappa shape index (κ3) is 6.59. The van der Waals surface area contributed by atoms with E-state index in [9.17, 15) is 17.6 Å². The van der Waals surface area contributed by atoms with Gasteiger partial charge >= 0.3 is 0 Å². The molecule has 0 unspecified atom stereocenters. The van der Waals surface area contributed by atoms with E-state index in [2.05, 4.69) is 10.0 Å². The van der Waals surface area contributed by atoms with Gasteiger partial charge in [-0.25, -0.2) is 17.5 Å². The average Bonchev–Trinajstić information content (AvgIpc) is 2.67. The van der Waals surface area contributed by atoms with E-state index in [1.165, 1.54) is 43.5 Å². The maximum atomic E-state index is 12.9. The number of nitrogens with one attached hydrogen (secondary N) is 2. The molecule has 0 heterocycles. The van der Waals surface area contributed by atoms with Gasteiger partial charge in [0.2, 0.25) is 10.0 Å². The highest BCUT2D eigenvalue weighted by molar-refractivity contribution is 7.89. The minimum atomic E-state index is -3.62. The summed E-state index contributed by atoms with van der Waals surface area (Å²) < 4.78 is 49.7. The zero-order valence-corrected chi connectivity index (χ0v) is 16.5. The molecule has 0 aliphatic carbocycles. The largest absolute Gasteiger partial charge is 0.484 e. The van der Waals surface area contributed by atoms with Crippen LogP contribution in [0.15, 0.2) is 53.4 Å². The van der Waals surface area contributed by atoms with Crippen LogP contribution in [0.3, 0.4) is 0 Å². The molecule has 0 aromatic heterocycles. The molecule has 7 nitrogen and oxygen atoms in total. The fourth-order valence-corrected chi connectivity index (χ4v) is 3.36. The smallest absolute Gasteiger partial charge is 0.258 e. The Hall–Kier alpha value is -2.49. The molecule has 0 aliphatic heterocycles. The molecule has 1 amide bonds. The topological polar surface area (TPSA) is 93.7 Å². The van der Waals surface area contributed by atoms with Gasteiger partial charge in [0, 0.05) is 13.7 Å². The van der Waals surface area contributed by atoms with E-state index in [0.29, 0.717) is 5.75 Å². The predicted molar refractivity (Wildman–Crippen MR) is 102 cm³/mol. The van der Waals surface area contributed by atoms with Crippen molar-refractivity contribution in [2.24, 2.45) is 0 Å². The van der Waals surface area contributed by atoms with Gasteiger partial charge in [0.1, 0.15) is 11.6 Å². The van der Waals surface area contributed by atoms with Crippen LogP contribution in [0.5, 0.6) is 5.75 Å². The van der Waals surface area contributed by atoms with Gasteiger partial charge in [-0.2, -0.15) is 0 Å². The number of halogens is 1. The Kier molecular flexibility index (Phi) is 7.91. The van der Waals surface area contributed by atoms with Crippen molar-refractivity contribution < 1.29 is 27.1 Å². The molecule has 0 fully saturated rings. The van der Waals surface area contributed by atoms with Crippen LogP contribution in [-0.2, 0) is 19.6 Å². The van der Waals surface area contributed by atoms with E-state index in [-0.39, 0.29) is 42.4 Å². The first kappa shape index (κ1) is 21.8. The summed E-state index contributed by atoms with van der Waals surface area (Å²) in [6, 6.07) is 11.3. The molecule has 2 rings (SSSR count). The second-order valence-electron chi connectivity index (χ2n) is 5.99. The van der Waals surface area contributed by atoms with Gasteiger partial charge in [-0.05, 0) is 48.9 Å². The summed E-state index contributed by atoms with van der Waals surface area (Å²) in [5, 5.41) is 2.75. The third-order valence-corrected chi connectivity index (χ3v) is 5.33. The van der Waals surface area contributed by atoms with Crippen LogP contribution in [0.4, 0.5) is 4.39 Å². The van der Waals surface area contributed by atoms with Crippen molar-refractivity contribution in [2.75, 3.05) is 26.9 Å². The van der Waals surface area contributed by atoms with Crippen molar-refractivity contribution in [3.05, 3.63) is 59.9 Å². The highest BCUT2D eigenvalue weighted by atomic mass is 32.2. The first-order chi connectivity index (χ1) is 13.3. The second-order valence-corrected chi connectivity index (χ2v) is 7.76. The lowest BCUT2D eigenvalue weighted by Gasteiger charge is -2.15. The van der Waals surface area contributed by atoms with Gasteiger partial charge in [0.15, 0.2) is 6.61 Å². The minimum absolute atomic E-state index is 0.0883. The molecule has 152 valence electrons. The molecular formula is C19H23FN2O5S. The van der Waals surface area contributed by atoms with Crippen molar-refractivity contribution in [1.82, 2.24) is 10.0 Å². The SMILES string of the molecule is COCCNS(=O)(=O)c1ccc(OCC(=O)N[C@@H](C)c2ccc(F)cc2)cc1. The van der Waals surface area contributed by atoms with Crippen LogP contribution in [0.1, 0.15) is 18.5 Å². The molecule has 0 spiro atoms. The van der Waals surface area contributed by atoms with Crippen LogP contribution in [0.2, 0.25) is 0 Å². The van der Waals surface area contributed by atoms with E-state index in [0.717, 1.165) is 5.56 Å². The van der Waals surface area contributed by atoms with Crippen LogP contribution in [0, 0.1) is 5.82 Å². The number of hydrogen-bond donors (Lipinski definition) is 2. The van der Waals surface area contributed by atoms with E-state index in [1.54, 1.807) is 19.1 Å². The first-order valence-corrected chi connectivity index (χ1v) is 10.1. The molecular weight excluding hydrogens is 387 g/mol. The standard InChI is InChI=1S/C19H23FN2O5S/c1-14(15-3-5-16(20)6-4-15)22-19(23)13-27-17-7-9-18(10-8-17)28(24,25)21-11-12-26-2/h3-10,14,21H,11-13H2,1-2H3,(H,22,23)/t14-/m0/s1. The Balaban J connectivity index is 1.85. The quantitative estimate of drug-likeness (QED) is 0.585. The van der Waals surface area contributed by atoms with E-state index < -0.39 is 10.0 Å². The highest BCUT2D eigenvalue weighted by Gasteiger charge is 2.14. The lowest BCUT2D eigenvalue weighted by atomic mass is 10.1. The summed E-state index contributed by atoms with van der Waals surface area (Å²) in [5.41, 5.74) is 0.769. The molecule has 2 aromatic carbocycles. The average molecular weight is 410 g/mol. The number of hydrogen-bond acceptors (Lipinski definition) is 5. The normalized spacial score (nSPS) is 12.4. The summed E-state index contributed by atoms with van der Waals surface area (Å²) in [4.78, 5) is 12.1. The van der Waals surface area contributed by atoms with Gasteiger partial charge in [0.05, 0.1) is 17.5 Å². The summed E-state index contributed by atoms with van der Waals surface area (Å²) >= 11 is 0. The molecule has 0 aliphatic rings. The summed E-state index contributed by atoms with van der Waals surface area (Å²) in [6.07, 6.45) is 0. The summed E-state index contributed by atoms with van der Waals surface area (Å²) in [5.74, 6) is -0.333. The fraction of sp³-hybridized carbons (Fsp3) is 0.316. The number of ether oxygens (including phenoxy) is 2. The maximum Gasteiger partial charge on any atom is 0.258 e. The molecule has 0 bridgehead atoms. The van der Waals surface area contributed by atoms with Crippen LogP contribution < -0.4 is 14.8 Å². The number of rotatable bonds is 10. The number of benzene rings is 2. The van der Waals surface area contributed by atoms with E-state index in [4.69, 9.17) is 9.47 Å². The number of carbonyl (C=O) groups excluding carboxylic acids is 1. The van der Waals surface area contributed by atoms with Gasteiger partial charge in [0.25, 0.3) is 5.91 Å². The Morgan fingerprint density at radius 2 is 1.75 bits per heavy atom. The van der Waals surface area contributed by atoms with Gasteiger partial charge < -0.3 is 14.8 Å².